The van der Waals surface area contributed by atoms with Crippen molar-refractivity contribution in [1.29, 1.82) is 0 Å². The molecule has 0 fully saturated rings. The van der Waals surface area contributed by atoms with Gasteiger partial charge >= 0.3 is 0 Å². The SMILES string of the molecule is COc1ccccc1-n1c(COc2ccccc2-c2ccccc2)nnc1S[C@H](C)c1nnc(C)o1. The summed E-state index contributed by atoms with van der Waals surface area (Å²) >= 11 is 1.48. The average molecular weight is 500 g/mol. The minimum Gasteiger partial charge on any atom is -0.495 e. The van der Waals surface area contributed by atoms with Gasteiger partial charge in [-0.15, -0.1) is 20.4 Å². The van der Waals surface area contributed by atoms with Crippen LogP contribution in [0.25, 0.3) is 16.8 Å². The van der Waals surface area contributed by atoms with Gasteiger partial charge in [0.1, 0.15) is 18.1 Å². The molecular formula is C27H25N5O3S. The minimum atomic E-state index is -0.128. The van der Waals surface area contributed by atoms with Crippen LogP contribution in [0, 0.1) is 6.92 Å². The molecule has 0 aliphatic rings. The molecule has 5 rings (SSSR count). The van der Waals surface area contributed by atoms with Crippen LogP contribution in [0.5, 0.6) is 11.5 Å². The zero-order chi connectivity index (χ0) is 24.9. The minimum absolute atomic E-state index is 0.128. The molecule has 0 aliphatic carbocycles. The van der Waals surface area contributed by atoms with E-state index in [0.717, 1.165) is 22.6 Å². The first-order chi connectivity index (χ1) is 17.6. The van der Waals surface area contributed by atoms with Gasteiger partial charge in [0, 0.05) is 12.5 Å². The van der Waals surface area contributed by atoms with Gasteiger partial charge in [0.2, 0.25) is 11.8 Å². The van der Waals surface area contributed by atoms with Gasteiger partial charge in [-0.2, -0.15) is 0 Å². The van der Waals surface area contributed by atoms with E-state index < -0.39 is 0 Å². The normalized spacial score (nSPS) is 11.9. The topological polar surface area (TPSA) is 88.1 Å². The number of hydrogen-bond donors (Lipinski definition) is 0. The molecule has 1 atom stereocenters. The molecule has 0 saturated heterocycles. The molecule has 8 nitrogen and oxygen atoms in total. The second kappa shape index (κ2) is 10.7. The second-order valence-corrected chi connectivity index (χ2v) is 9.28. The Morgan fingerprint density at radius 3 is 2.33 bits per heavy atom. The van der Waals surface area contributed by atoms with Crippen LogP contribution in [0.15, 0.2) is 88.4 Å². The van der Waals surface area contributed by atoms with E-state index in [9.17, 15) is 0 Å². The Hall–Kier alpha value is -4.11. The van der Waals surface area contributed by atoms with Crippen molar-refractivity contribution in [3.63, 3.8) is 0 Å². The predicted molar refractivity (Wildman–Crippen MR) is 137 cm³/mol. The first kappa shape index (κ1) is 23.6. The van der Waals surface area contributed by atoms with Crippen LogP contribution in [0.4, 0.5) is 0 Å². The maximum atomic E-state index is 6.31. The number of para-hydroxylation sites is 3. The summed E-state index contributed by atoms with van der Waals surface area (Å²) in [5.74, 6) is 3.16. The number of methoxy groups -OCH3 is 1. The molecule has 0 saturated carbocycles. The van der Waals surface area contributed by atoms with E-state index in [-0.39, 0.29) is 11.9 Å². The molecule has 0 radical (unpaired) electrons. The summed E-state index contributed by atoms with van der Waals surface area (Å²) < 4.78 is 19.5. The number of benzene rings is 3. The Kier molecular flexibility index (Phi) is 6.99. The zero-order valence-corrected chi connectivity index (χ0v) is 21.0. The monoisotopic (exact) mass is 499 g/mol. The lowest BCUT2D eigenvalue weighted by atomic mass is 10.1. The predicted octanol–water partition coefficient (Wildman–Crippen LogP) is 6.07. The number of aromatic nitrogens is 5. The number of nitrogens with zero attached hydrogens (tertiary/aromatic N) is 5. The lowest BCUT2D eigenvalue weighted by molar-refractivity contribution is 0.293. The number of hydrogen-bond acceptors (Lipinski definition) is 8. The van der Waals surface area contributed by atoms with E-state index >= 15 is 0 Å². The van der Waals surface area contributed by atoms with Crippen molar-refractivity contribution in [3.05, 3.63) is 96.5 Å². The smallest absolute Gasteiger partial charge is 0.229 e. The van der Waals surface area contributed by atoms with E-state index in [0.29, 0.717) is 28.5 Å². The second-order valence-electron chi connectivity index (χ2n) is 7.98. The fourth-order valence-corrected chi connectivity index (χ4v) is 4.71. The van der Waals surface area contributed by atoms with Crippen molar-refractivity contribution >= 4 is 11.8 Å². The summed E-state index contributed by atoms with van der Waals surface area (Å²) in [5.41, 5.74) is 2.91. The third-order valence-corrected chi connectivity index (χ3v) is 6.56. The molecule has 0 aliphatic heterocycles. The fraction of sp³-hybridized carbons (Fsp3) is 0.185. The van der Waals surface area contributed by atoms with Gasteiger partial charge in [0.25, 0.3) is 0 Å². The molecule has 3 aromatic carbocycles. The van der Waals surface area contributed by atoms with Crippen molar-refractivity contribution in [2.45, 2.75) is 30.9 Å². The van der Waals surface area contributed by atoms with Crippen LogP contribution in [0.2, 0.25) is 0 Å². The van der Waals surface area contributed by atoms with Gasteiger partial charge in [-0.1, -0.05) is 72.4 Å². The number of thioether (sulfide) groups is 1. The van der Waals surface area contributed by atoms with Crippen LogP contribution in [-0.4, -0.2) is 32.1 Å². The number of rotatable bonds is 9. The molecule has 0 bridgehead atoms. The lowest BCUT2D eigenvalue weighted by Gasteiger charge is -2.16. The molecule has 0 N–H and O–H groups in total. The molecule has 36 heavy (non-hydrogen) atoms. The molecule has 0 spiro atoms. The Morgan fingerprint density at radius 2 is 1.58 bits per heavy atom. The third kappa shape index (κ3) is 4.96. The highest BCUT2D eigenvalue weighted by atomic mass is 32.2. The quantitative estimate of drug-likeness (QED) is 0.226. The van der Waals surface area contributed by atoms with Crippen molar-refractivity contribution in [2.24, 2.45) is 0 Å². The van der Waals surface area contributed by atoms with Gasteiger partial charge in [-0.25, -0.2) is 0 Å². The first-order valence-electron chi connectivity index (χ1n) is 11.5. The molecule has 2 heterocycles. The van der Waals surface area contributed by atoms with Gasteiger partial charge in [0.05, 0.1) is 18.0 Å². The van der Waals surface area contributed by atoms with Crippen molar-refractivity contribution in [1.82, 2.24) is 25.0 Å². The Bertz CT molecular complexity index is 1450. The summed E-state index contributed by atoms with van der Waals surface area (Å²) in [6, 6.07) is 25.9. The van der Waals surface area contributed by atoms with Gasteiger partial charge < -0.3 is 13.9 Å². The standard InChI is InChI=1S/C27H25N5O3S/c1-18(26-30-28-19(2)35-26)36-27-31-29-25(32(27)22-14-8-10-16-24(22)33-3)17-34-23-15-9-7-13-21(23)20-11-5-4-6-12-20/h4-16,18H,17H2,1-3H3/t18-/m1/s1. The lowest BCUT2D eigenvalue weighted by Crippen LogP contribution is -2.08. The largest absolute Gasteiger partial charge is 0.495 e. The summed E-state index contributed by atoms with van der Waals surface area (Å²) in [6.45, 7) is 3.97. The van der Waals surface area contributed by atoms with Gasteiger partial charge in [-0.3, -0.25) is 4.57 Å². The summed E-state index contributed by atoms with van der Waals surface area (Å²) in [6.07, 6.45) is 0. The van der Waals surface area contributed by atoms with Crippen LogP contribution in [0.1, 0.15) is 29.8 Å². The molecular weight excluding hydrogens is 474 g/mol. The molecule has 182 valence electrons. The van der Waals surface area contributed by atoms with Crippen LogP contribution in [0.3, 0.4) is 0 Å². The summed E-state index contributed by atoms with van der Waals surface area (Å²) in [4.78, 5) is 0. The molecule has 9 heteroatoms. The van der Waals surface area contributed by atoms with Crippen molar-refractivity contribution in [2.75, 3.05) is 7.11 Å². The summed E-state index contributed by atoms with van der Waals surface area (Å²) in [5, 5.41) is 17.6. The van der Waals surface area contributed by atoms with E-state index in [2.05, 4.69) is 32.5 Å². The molecule has 0 amide bonds. The van der Waals surface area contributed by atoms with Crippen molar-refractivity contribution < 1.29 is 13.9 Å². The zero-order valence-electron chi connectivity index (χ0n) is 20.2. The van der Waals surface area contributed by atoms with Crippen LogP contribution in [-0.2, 0) is 6.61 Å². The number of ether oxygens (including phenoxy) is 2. The molecule has 5 aromatic rings. The average Bonchev–Trinajstić information content (AvgIpc) is 3.54. The Labute approximate surface area is 213 Å². The number of aryl methyl sites for hydroxylation is 1. The molecule has 0 unspecified atom stereocenters. The van der Waals surface area contributed by atoms with Crippen molar-refractivity contribution in [3.8, 4) is 28.3 Å². The highest BCUT2D eigenvalue weighted by molar-refractivity contribution is 7.99. The van der Waals surface area contributed by atoms with Crippen LogP contribution >= 0.6 is 11.8 Å². The van der Waals surface area contributed by atoms with E-state index in [1.807, 2.05) is 78.2 Å². The van der Waals surface area contributed by atoms with Crippen LogP contribution < -0.4 is 9.47 Å². The van der Waals surface area contributed by atoms with Gasteiger partial charge in [0.15, 0.2) is 11.0 Å². The Balaban J connectivity index is 1.48. The third-order valence-electron chi connectivity index (χ3n) is 5.53. The first-order valence-corrected chi connectivity index (χ1v) is 12.3. The van der Waals surface area contributed by atoms with E-state index in [1.165, 1.54) is 11.8 Å². The summed E-state index contributed by atoms with van der Waals surface area (Å²) in [7, 11) is 1.64. The Morgan fingerprint density at radius 1 is 0.861 bits per heavy atom. The van der Waals surface area contributed by atoms with Gasteiger partial charge in [-0.05, 0) is 30.7 Å². The van der Waals surface area contributed by atoms with E-state index in [1.54, 1.807) is 14.0 Å². The maximum Gasteiger partial charge on any atom is 0.229 e. The molecule has 2 aromatic heterocycles. The maximum absolute atomic E-state index is 6.31. The van der Waals surface area contributed by atoms with E-state index in [4.69, 9.17) is 13.9 Å². The highest BCUT2D eigenvalue weighted by Crippen LogP contribution is 2.37. The fourth-order valence-electron chi connectivity index (χ4n) is 3.80. The highest BCUT2D eigenvalue weighted by Gasteiger charge is 2.23.